The lowest BCUT2D eigenvalue weighted by molar-refractivity contribution is 0.0995. The molecule has 2 aromatic heterocycles. The van der Waals surface area contributed by atoms with Crippen molar-refractivity contribution in [3.05, 3.63) is 35.7 Å². The molecule has 0 saturated carbocycles. The lowest BCUT2D eigenvalue weighted by Gasteiger charge is -2.03. The summed E-state index contributed by atoms with van der Waals surface area (Å²) in [6.45, 7) is 2.12. The van der Waals surface area contributed by atoms with E-state index in [9.17, 15) is 4.79 Å². The molecular weight excluding hydrogens is 222 g/mol. The first kappa shape index (κ1) is 11.1. The van der Waals surface area contributed by atoms with Crippen LogP contribution in [-0.2, 0) is 6.54 Å². The van der Waals surface area contributed by atoms with Crippen molar-refractivity contribution in [2.75, 3.05) is 5.32 Å². The minimum atomic E-state index is -0.567. The maximum Gasteiger partial charge on any atom is 0.267 e. The highest BCUT2D eigenvalue weighted by Gasteiger charge is 2.05. The van der Waals surface area contributed by atoms with Gasteiger partial charge in [0.25, 0.3) is 5.91 Å². The van der Waals surface area contributed by atoms with Gasteiger partial charge in [-0.3, -0.25) is 9.78 Å². The first-order chi connectivity index (χ1) is 8.15. The van der Waals surface area contributed by atoms with E-state index in [1.807, 2.05) is 0 Å². The Balaban J connectivity index is 2.04. The smallest absolute Gasteiger partial charge is 0.267 e. The molecule has 0 radical (unpaired) electrons. The molecule has 0 spiro atoms. The highest BCUT2D eigenvalue weighted by atomic mass is 16.5. The van der Waals surface area contributed by atoms with E-state index in [-0.39, 0.29) is 5.69 Å². The summed E-state index contributed by atoms with van der Waals surface area (Å²) < 4.78 is 4.93. The van der Waals surface area contributed by atoms with Crippen molar-refractivity contribution in [2.24, 2.45) is 5.73 Å². The highest BCUT2D eigenvalue weighted by molar-refractivity contribution is 5.91. The first-order valence-electron chi connectivity index (χ1n) is 4.94. The van der Waals surface area contributed by atoms with Gasteiger partial charge in [-0.15, -0.1) is 0 Å². The van der Waals surface area contributed by atoms with Crippen LogP contribution in [0.3, 0.4) is 0 Å². The molecule has 2 heterocycles. The standard InChI is InChI=1S/C10H11N5O2/c1-6-14-9(17-15-6)5-13-7-2-3-12-8(4-7)10(11)16/h2-4H,5H2,1H3,(H2,11,16)(H,12,13). The molecule has 88 valence electrons. The van der Waals surface area contributed by atoms with Crippen molar-refractivity contribution in [2.45, 2.75) is 13.5 Å². The third kappa shape index (κ3) is 2.77. The van der Waals surface area contributed by atoms with Gasteiger partial charge in [0.2, 0.25) is 5.89 Å². The van der Waals surface area contributed by atoms with Gasteiger partial charge in [0.05, 0.1) is 6.54 Å². The zero-order chi connectivity index (χ0) is 12.3. The van der Waals surface area contributed by atoms with Crippen LogP contribution in [0, 0.1) is 6.92 Å². The number of nitrogens with zero attached hydrogens (tertiary/aromatic N) is 3. The number of rotatable bonds is 4. The Morgan fingerprint density at radius 2 is 2.41 bits per heavy atom. The van der Waals surface area contributed by atoms with E-state index >= 15 is 0 Å². The number of primary amides is 1. The van der Waals surface area contributed by atoms with Crippen LogP contribution in [0.5, 0.6) is 0 Å². The third-order valence-electron chi connectivity index (χ3n) is 2.03. The van der Waals surface area contributed by atoms with E-state index in [4.69, 9.17) is 10.3 Å². The molecule has 0 aliphatic rings. The number of pyridine rings is 1. The van der Waals surface area contributed by atoms with E-state index < -0.39 is 5.91 Å². The molecule has 0 aromatic carbocycles. The van der Waals surface area contributed by atoms with Gasteiger partial charge in [-0.1, -0.05) is 5.16 Å². The van der Waals surface area contributed by atoms with Gasteiger partial charge < -0.3 is 15.6 Å². The van der Waals surface area contributed by atoms with Crippen LogP contribution >= 0.6 is 0 Å². The van der Waals surface area contributed by atoms with Crippen LogP contribution in [-0.4, -0.2) is 21.0 Å². The van der Waals surface area contributed by atoms with Crippen LogP contribution < -0.4 is 11.1 Å². The summed E-state index contributed by atoms with van der Waals surface area (Å²) in [5, 5.41) is 6.69. The lowest BCUT2D eigenvalue weighted by atomic mass is 10.3. The minimum Gasteiger partial charge on any atom is -0.376 e. The summed E-state index contributed by atoms with van der Waals surface area (Å²) in [6, 6.07) is 3.28. The number of hydrogen-bond donors (Lipinski definition) is 2. The number of nitrogens with two attached hydrogens (primary N) is 1. The molecule has 2 aromatic rings. The van der Waals surface area contributed by atoms with Crippen molar-refractivity contribution in [3.63, 3.8) is 0 Å². The molecule has 0 unspecified atom stereocenters. The van der Waals surface area contributed by atoms with E-state index in [0.29, 0.717) is 23.9 Å². The Hall–Kier alpha value is -2.44. The average Bonchev–Trinajstić information content (AvgIpc) is 2.73. The molecule has 0 fully saturated rings. The monoisotopic (exact) mass is 233 g/mol. The average molecular weight is 233 g/mol. The minimum absolute atomic E-state index is 0.205. The Morgan fingerprint density at radius 1 is 1.59 bits per heavy atom. The summed E-state index contributed by atoms with van der Waals surface area (Å²) >= 11 is 0. The number of aryl methyl sites for hydroxylation is 1. The normalized spacial score (nSPS) is 10.2. The van der Waals surface area contributed by atoms with Gasteiger partial charge in [-0.05, 0) is 19.1 Å². The number of aromatic nitrogens is 3. The molecule has 0 saturated heterocycles. The van der Waals surface area contributed by atoms with Crippen molar-refractivity contribution >= 4 is 11.6 Å². The highest BCUT2D eigenvalue weighted by Crippen LogP contribution is 2.09. The summed E-state index contributed by atoms with van der Waals surface area (Å²) in [5.41, 5.74) is 6.04. The molecule has 0 atom stereocenters. The van der Waals surface area contributed by atoms with Gasteiger partial charge >= 0.3 is 0 Å². The van der Waals surface area contributed by atoms with E-state index in [1.54, 1.807) is 19.1 Å². The van der Waals surface area contributed by atoms with Crippen LogP contribution in [0.4, 0.5) is 5.69 Å². The predicted molar refractivity (Wildman–Crippen MR) is 59.1 cm³/mol. The van der Waals surface area contributed by atoms with E-state index in [0.717, 1.165) is 0 Å². The number of anilines is 1. The molecule has 2 rings (SSSR count). The van der Waals surface area contributed by atoms with Crippen LogP contribution in [0.15, 0.2) is 22.9 Å². The molecule has 17 heavy (non-hydrogen) atoms. The third-order valence-corrected chi connectivity index (χ3v) is 2.03. The summed E-state index contributed by atoms with van der Waals surface area (Å²) in [6.07, 6.45) is 1.50. The fourth-order valence-electron chi connectivity index (χ4n) is 1.26. The maximum atomic E-state index is 10.9. The molecule has 1 amide bonds. The van der Waals surface area contributed by atoms with Gasteiger partial charge in [-0.2, -0.15) is 4.98 Å². The topological polar surface area (TPSA) is 107 Å². The zero-order valence-corrected chi connectivity index (χ0v) is 9.17. The maximum absolute atomic E-state index is 10.9. The number of carbonyl (C=O) groups excluding carboxylic acids is 1. The summed E-state index contributed by atoms with van der Waals surface area (Å²) in [5.74, 6) is 0.483. The molecule has 3 N–H and O–H groups in total. The predicted octanol–water partition coefficient (Wildman–Crippen LogP) is 0.484. The quantitative estimate of drug-likeness (QED) is 0.795. The number of nitrogens with one attached hydrogen (secondary N) is 1. The Bertz CT molecular complexity index is 537. The van der Waals surface area contributed by atoms with Crippen molar-refractivity contribution < 1.29 is 9.32 Å². The van der Waals surface area contributed by atoms with Gasteiger partial charge in [0.1, 0.15) is 5.69 Å². The SMILES string of the molecule is Cc1noc(CNc2ccnc(C(N)=O)c2)n1. The number of amides is 1. The van der Waals surface area contributed by atoms with Crippen molar-refractivity contribution in [3.8, 4) is 0 Å². The fourth-order valence-corrected chi connectivity index (χ4v) is 1.26. The van der Waals surface area contributed by atoms with Gasteiger partial charge in [0, 0.05) is 11.9 Å². The van der Waals surface area contributed by atoms with Crippen LogP contribution in [0.1, 0.15) is 22.2 Å². The molecule has 7 nitrogen and oxygen atoms in total. The Kier molecular flexibility index (Phi) is 2.99. The second-order valence-corrected chi connectivity index (χ2v) is 3.38. The number of hydrogen-bond acceptors (Lipinski definition) is 6. The van der Waals surface area contributed by atoms with Crippen LogP contribution in [0.25, 0.3) is 0 Å². The summed E-state index contributed by atoms with van der Waals surface area (Å²) in [7, 11) is 0. The van der Waals surface area contributed by atoms with E-state index in [2.05, 4.69) is 20.4 Å². The number of carbonyl (C=O) groups is 1. The molecule has 7 heteroatoms. The second kappa shape index (κ2) is 4.60. The first-order valence-corrected chi connectivity index (χ1v) is 4.94. The molecule has 0 bridgehead atoms. The Labute approximate surface area is 97.0 Å². The fraction of sp³-hybridized carbons (Fsp3) is 0.200. The van der Waals surface area contributed by atoms with Gasteiger partial charge in [-0.25, -0.2) is 0 Å². The van der Waals surface area contributed by atoms with Crippen molar-refractivity contribution in [1.29, 1.82) is 0 Å². The van der Waals surface area contributed by atoms with Crippen molar-refractivity contribution in [1.82, 2.24) is 15.1 Å². The molecule has 0 aliphatic carbocycles. The zero-order valence-electron chi connectivity index (χ0n) is 9.17. The second-order valence-electron chi connectivity index (χ2n) is 3.38. The van der Waals surface area contributed by atoms with E-state index in [1.165, 1.54) is 6.20 Å². The largest absolute Gasteiger partial charge is 0.376 e. The lowest BCUT2D eigenvalue weighted by Crippen LogP contribution is -2.13. The van der Waals surface area contributed by atoms with Gasteiger partial charge in [0.15, 0.2) is 5.82 Å². The Morgan fingerprint density at radius 3 is 3.06 bits per heavy atom. The molecular formula is C10H11N5O2. The summed E-state index contributed by atoms with van der Waals surface area (Å²) in [4.78, 5) is 18.8. The van der Waals surface area contributed by atoms with Crippen LogP contribution in [0.2, 0.25) is 0 Å². The molecule has 0 aliphatic heterocycles.